The van der Waals surface area contributed by atoms with E-state index >= 15 is 0 Å². The highest BCUT2D eigenvalue weighted by molar-refractivity contribution is 9.10. The third kappa shape index (κ3) is 3.76. The van der Waals surface area contributed by atoms with Crippen LogP contribution in [0.5, 0.6) is 5.75 Å². The van der Waals surface area contributed by atoms with Gasteiger partial charge < -0.3 is 14.0 Å². The SMILES string of the molecule is CCc1cc(OC)c2c(nc(-c3ccc(C(C)C)cc3)n2CCOC)c1Br. The molecule has 0 aliphatic rings. The lowest BCUT2D eigenvalue weighted by Gasteiger charge is -2.13. The highest BCUT2D eigenvalue weighted by Crippen LogP contribution is 2.38. The maximum atomic E-state index is 5.72. The summed E-state index contributed by atoms with van der Waals surface area (Å²) in [6.45, 7) is 7.87. The van der Waals surface area contributed by atoms with E-state index in [1.165, 1.54) is 11.1 Å². The minimum Gasteiger partial charge on any atom is -0.494 e. The van der Waals surface area contributed by atoms with Crippen LogP contribution in [-0.2, 0) is 17.7 Å². The Balaban J connectivity index is 2.26. The van der Waals surface area contributed by atoms with E-state index in [1.807, 2.05) is 0 Å². The fourth-order valence-electron chi connectivity index (χ4n) is 3.35. The summed E-state index contributed by atoms with van der Waals surface area (Å²) in [5.74, 6) is 2.29. The average Bonchev–Trinajstić information content (AvgIpc) is 3.07. The van der Waals surface area contributed by atoms with Gasteiger partial charge in [0.15, 0.2) is 0 Å². The predicted molar refractivity (Wildman–Crippen MR) is 115 cm³/mol. The maximum Gasteiger partial charge on any atom is 0.145 e. The molecule has 0 saturated heterocycles. The Bertz CT molecular complexity index is 930. The first kappa shape index (κ1) is 19.9. The Morgan fingerprint density at radius 1 is 1.15 bits per heavy atom. The van der Waals surface area contributed by atoms with Crippen molar-refractivity contribution in [3.63, 3.8) is 0 Å². The van der Waals surface area contributed by atoms with Crippen LogP contribution in [0.25, 0.3) is 22.4 Å². The first-order valence-corrected chi connectivity index (χ1v) is 10.2. The molecule has 0 N–H and O–H groups in total. The molecule has 0 amide bonds. The van der Waals surface area contributed by atoms with E-state index in [2.05, 4.69) is 71.6 Å². The van der Waals surface area contributed by atoms with E-state index in [-0.39, 0.29) is 0 Å². The number of rotatable bonds is 7. The van der Waals surface area contributed by atoms with Gasteiger partial charge in [-0.25, -0.2) is 4.98 Å². The first-order valence-electron chi connectivity index (χ1n) is 9.36. The second-order valence-corrected chi connectivity index (χ2v) is 7.75. The van der Waals surface area contributed by atoms with Crippen LogP contribution in [0, 0.1) is 0 Å². The number of halogens is 1. The molecule has 144 valence electrons. The molecular formula is C22H27BrN2O2. The average molecular weight is 431 g/mol. The Morgan fingerprint density at radius 2 is 1.85 bits per heavy atom. The van der Waals surface area contributed by atoms with Crippen LogP contribution in [-0.4, -0.2) is 30.4 Å². The van der Waals surface area contributed by atoms with Gasteiger partial charge in [0.1, 0.15) is 22.6 Å². The van der Waals surface area contributed by atoms with Crippen LogP contribution in [0.4, 0.5) is 0 Å². The van der Waals surface area contributed by atoms with Crippen molar-refractivity contribution in [3.8, 4) is 17.1 Å². The number of hydrogen-bond donors (Lipinski definition) is 0. The summed E-state index contributed by atoms with van der Waals surface area (Å²) in [5, 5.41) is 0. The molecule has 0 radical (unpaired) electrons. The highest BCUT2D eigenvalue weighted by atomic mass is 79.9. The van der Waals surface area contributed by atoms with Gasteiger partial charge in [-0.1, -0.05) is 45.0 Å². The first-order chi connectivity index (χ1) is 13.0. The molecule has 0 fully saturated rings. The van der Waals surface area contributed by atoms with Crippen molar-refractivity contribution >= 4 is 27.0 Å². The lowest BCUT2D eigenvalue weighted by Crippen LogP contribution is -2.07. The molecule has 0 saturated carbocycles. The molecule has 0 atom stereocenters. The second kappa shape index (κ2) is 8.44. The summed E-state index contributed by atoms with van der Waals surface area (Å²) in [4.78, 5) is 5.01. The van der Waals surface area contributed by atoms with Crippen molar-refractivity contribution in [1.29, 1.82) is 0 Å². The number of nitrogens with zero attached hydrogens (tertiary/aromatic N) is 2. The number of hydrogen-bond acceptors (Lipinski definition) is 3. The van der Waals surface area contributed by atoms with Gasteiger partial charge in [-0.2, -0.15) is 0 Å². The number of ether oxygens (including phenoxy) is 2. The molecule has 3 aromatic rings. The molecule has 1 heterocycles. The second-order valence-electron chi connectivity index (χ2n) is 6.96. The summed E-state index contributed by atoms with van der Waals surface area (Å²) in [6.07, 6.45) is 0.913. The Labute approximate surface area is 169 Å². The van der Waals surface area contributed by atoms with Gasteiger partial charge in [0, 0.05) is 23.7 Å². The normalized spacial score (nSPS) is 11.5. The fraction of sp³-hybridized carbons (Fsp3) is 0.409. The summed E-state index contributed by atoms with van der Waals surface area (Å²) < 4.78 is 14.3. The molecule has 3 rings (SSSR count). The summed E-state index contributed by atoms with van der Waals surface area (Å²) in [7, 11) is 3.44. The van der Waals surface area contributed by atoms with Crippen LogP contribution in [0.3, 0.4) is 0 Å². The maximum absolute atomic E-state index is 5.72. The molecule has 0 unspecified atom stereocenters. The molecule has 0 spiro atoms. The lowest BCUT2D eigenvalue weighted by molar-refractivity contribution is 0.188. The summed E-state index contributed by atoms with van der Waals surface area (Å²) >= 11 is 3.76. The minimum absolute atomic E-state index is 0.507. The summed E-state index contributed by atoms with van der Waals surface area (Å²) in [6, 6.07) is 10.8. The number of fused-ring (bicyclic) bond motifs is 1. The number of aryl methyl sites for hydroxylation is 1. The lowest BCUT2D eigenvalue weighted by atomic mass is 10.0. The van der Waals surface area contributed by atoms with E-state index in [1.54, 1.807) is 14.2 Å². The van der Waals surface area contributed by atoms with Gasteiger partial charge in [-0.15, -0.1) is 0 Å². The van der Waals surface area contributed by atoms with Gasteiger partial charge >= 0.3 is 0 Å². The zero-order chi connectivity index (χ0) is 19.6. The largest absolute Gasteiger partial charge is 0.494 e. The quantitative estimate of drug-likeness (QED) is 0.474. The minimum atomic E-state index is 0.507. The van der Waals surface area contributed by atoms with E-state index < -0.39 is 0 Å². The molecule has 2 aromatic carbocycles. The van der Waals surface area contributed by atoms with Gasteiger partial charge in [0.25, 0.3) is 0 Å². The highest BCUT2D eigenvalue weighted by Gasteiger charge is 2.20. The molecule has 4 nitrogen and oxygen atoms in total. The smallest absolute Gasteiger partial charge is 0.145 e. The number of benzene rings is 2. The van der Waals surface area contributed by atoms with Crippen molar-refractivity contribution in [2.45, 2.75) is 39.7 Å². The van der Waals surface area contributed by atoms with Crippen LogP contribution in [0.2, 0.25) is 0 Å². The number of aromatic nitrogens is 2. The van der Waals surface area contributed by atoms with Crippen molar-refractivity contribution < 1.29 is 9.47 Å². The van der Waals surface area contributed by atoms with Gasteiger partial charge in [0.05, 0.1) is 13.7 Å². The van der Waals surface area contributed by atoms with Gasteiger partial charge in [0.2, 0.25) is 0 Å². The van der Waals surface area contributed by atoms with E-state index in [0.29, 0.717) is 19.1 Å². The zero-order valence-electron chi connectivity index (χ0n) is 16.7. The third-order valence-corrected chi connectivity index (χ3v) is 5.84. The molecule has 0 aliphatic heterocycles. The predicted octanol–water partition coefficient (Wildman–Crippen LogP) is 5.81. The van der Waals surface area contributed by atoms with Gasteiger partial charge in [-0.3, -0.25) is 0 Å². The van der Waals surface area contributed by atoms with Crippen LogP contribution >= 0.6 is 15.9 Å². The molecule has 5 heteroatoms. The van der Waals surface area contributed by atoms with Gasteiger partial charge in [-0.05, 0) is 45.5 Å². The molecular weight excluding hydrogens is 404 g/mol. The van der Waals surface area contributed by atoms with Crippen LogP contribution < -0.4 is 4.74 Å². The van der Waals surface area contributed by atoms with Crippen molar-refractivity contribution in [2.24, 2.45) is 0 Å². The standard InChI is InChI=1S/C22H27BrN2O2/c1-6-15-13-18(27-5)21-20(19(15)23)24-22(25(21)11-12-26-4)17-9-7-16(8-10-17)14(2)3/h7-10,13-14H,6,11-12H2,1-5H3. The zero-order valence-corrected chi connectivity index (χ0v) is 18.3. The Kier molecular flexibility index (Phi) is 6.22. The van der Waals surface area contributed by atoms with Crippen LogP contribution in [0.1, 0.15) is 37.8 Å². The van der Waals surface area contributed by atoms with Crippen molar-refractivity contribution in [3.05, 3.63) is 45.9 Å². The van der Waals surface area contributed by atoms with E-state index in [9.17, 15) is 0 Å². The van der Waals surface area contributed by atoms with E-state index in [0.717, 1.165) is 39.1 Å². The molecule has 0 bridgehead atoms. The number of imidazole rings is 1. The van der Waals surface area contributed by atoms with E-state index in [4.69, 9.17) is 14.5 Å². The topological polar surface area (TPSA) is 36.3 Å². The van der Waals surface area contributed by atoms with Crippen molar-refractivity contribution in [2.75, 3.05) is 20.8 Å². The molecule has 0 aliphatic carbocycles. The third-order valence-electron chi connectivity index (χ3n) is 4.95. The molecule has 27 heavy (non-hydrogen) atoms. The van der Waals surface area contributed by atoms with Crippen LogP contribution in [0.15, 0.2) is 34.8 Å². The number of methoxy groups -OCH3 is 2. The Morgan fingerprint density at radius 3 is 2.41 bits per heavy atom. The fourth-order valence-corrected chi connectivity index (χ4v) is 4.02. The summed E-state index contributed by atoms with van der Waals surface area (Å²) in [5.41, 5.74) is 5.55. The monoisotopic (exact) mass is 430 g/mol. The Hall–Kier alpha value is -1.85. The van der Waals surface area contributed by atoms with Crippen molar-refractivity contribution in [1.82, 2.24) is 9.55 Å². The molecule has 1 aromatic heterocycles.